The third-order valence-electron chi connectivity index (χ3n) is 6.10. The molecule has 4 rings (SSSR count). The number of ether oxygens (including phenoxy) is 1. The minimum atomic E-state index is -0.853. The molecule has 1 amide bonds. The largest absolute Gasteiger partial charge is 0.378 e. The smallest absolute Gasteiger partial charge is 0.232 e. The molecule has 2 aliphatic heterocycles. The molecule has 0 unspecified atom stereocenters. The van der Waals surface area contributed by atoms with Gasteiger partial charge >= 0.3 is 0 Å². The van der Waals surface area contributed by atoms with Crippen molar-refractivity contribution in [3.8, 4) is 17.2 Å². The van der Waals surface area contributed by atoms with Crippen molar-refractivity contribution in [1.82, 2.24) is 4.90 Å². The second-order valence-electron chi connectivity index (χ2n) is 8.40. The fraction of sp³-hybridized carbons (Fsp3) is 0.375. The van der Waals surface area contributed by atoms with Gasteiger partial charge in [0.25, 0.3) is 0 Å². The van der Waals surface area contributed by atoms with E-state index in [0.717, 1.165) is 29.5 Å². The third kappa shape index (κ3) is 4.04. The SMILES string of the molecule is C[C@H]1C[C@@H](N2C(=O)C[C@@](C)(c3cccc(-c4ccc(C#N)cc4)c3Cl)N=C2N)CCO1. The van der Waals surface area contributed by atoms with E-state index < -0.39 is 5.54 Å². The Morgan fingerprint density at radius 3 is 2.68 bits per heavy atom. The van der Waals surface area contributed by atoms with E-state index >= 15 is 0 Å². The number of halogens is 1. The summed E-state index contributed by atoms with van der Waals surface area (Å²) in [5.41, 5.74) is 8.54. The average Bonchev–Trinajstić information content (AvgIpc) is 2.73. The van der Waals surface area contributed by atoms with Crippen molar-refractivity contribution >= 4 is 23.5 Å². The standard InChI is InChI=1S/C24H25ClN4O2/c1-15-12-18(10-11-31-15)29-21(30)13-24(2,28-23(29)27)20-5-3-4-19(22(20)25)17-8-6-16(14-26)7-9-17/h3-9,15,18H,10-13H2,1-2H3,(H2,27,28)/t15-,18-,24-/m0/s1. The summed E-state index contributed by atoms with van der Waals surface area (Å²) >= 11 is 6.82. The number of nitrogens with two attached hydrogens (primary N) is 1. The van der Waals surface area contributed by atoms with Crippen molar-refractivity contribution in [2.75, 3.05) is 6.61 Å². The summed E-state index contributed by atoms with van der Waals surface area (Å²) in [5.74, 6) is 0.187. The molecule has 2 N–H and O–H groups in total. The van der Waals surface area contributed by atoms with Gasteiger partial charge in [-0.3, -0.25) is 9.69 Å². The van der Waals surface area contributed by atoms with E-state index in [0.29, 0.717) is 17.2 Å². The lowest BCUT2D eigenvalue weighted by molar-refractivity contribution is -0.133. The minimum absolute atomic E-state index is 0.00463. The Hall–Kier alpha value is -2.88. The molecule has 0 saturated carbocycles. The Bertz CT molecular complexity index is 1080. The second kappa shape index (κ2) is 8.33. The summed E-state index contributed by atoms with van der Waals surface area (Å²) in [6, 6.07) is 15.1. The second-order valence-corrected chi connectivity index (χ2v) is 8.78. The van der Waals surface area contributed by atoms with Crippen LogP contribution in [0.3, 0.4) is 0 Å². The summed E-state index contributed by atoms with van der Waals surface area (Å²) in [6.07, 6.45) is 1.77. The molecule has 3 atom stereocenters. The quantitative estimate of drug-likeness (QED) is 0.780. The van der Waals surface area contributed by atoms with E-state index in [1.807, 2.05) is 44.2 Å². The number of hydrogen-bond acceptors (Lipinski definition) is 5. The van der Waals surface area contributed by atoms with Crippen LogP contribution in [-0.2, 0) is 15.1 Å². The van der Waals surface area contributed by atoms with Crippen molar-refractivity contribution in [3.63, 3.8) is 0 Å². The van der Waals surface area contributed by atoms with Crippen molar-refractivity contribution in [3.05, 3.63) is 58.6 Å². The first-order chi connectivity index (χ1) is 14.8. The highest BCUT2D eigenvalue weighted by Gasteiger charge is 2.42. The molecule has 0 aliphatic carbocycles. The monoisotopic (exact) mass is 436 g/mol. The molecule has 160 valence electrons. The van der Waals surface area contributed by atoms with Crippen LogP contribution in [0.2, 0.25) is 5.02 Å². The lowest BCUT2D eigenvalue weighted by Gasteiger charge is -2.41. The molecular weight excluding hydrogens is 412 g/mol. The first kappa shape index (κ1) is 21.4. The number of carbonyl (C=O) groups is 1. The lowest BCUT2D eigenvalue weighted by Crippen LogP contribution is -2.56. The molecule has 0 aromatic heterocycles. The molecule has 1 saturated heterocycles. The van der Waals surface area contributed by atoms with Gasteiger partial charge in [-0.2, -0.15) is 5.26 Å². The van der Waals surface area contributed by atoms with Crippen LogP contribution in [0, 0.1) is 11.3 Å². The average molecular weight is 437 g/mol. The highest BCUT2D eigenvalue weighted by atomic mass is 35.5. The normalized spacial score (nSPS) is 26.3. The van der Waals surface area contributed by atoms with Gasteiger partial charge in [-0.15, -0.1) is 0 Å². The predicted molar refractivity (Wildman–Crippen MR) is 120 cm³/mol. The molecule has 7 heteroatoms. The molecule has 0 spiro atoms. The minimum Gasteiger partial charge on any atom is -0.378 e. The van der Waals surface area contributed by atoms with Gasteiger partial charge in [0.1, 0.15) is 0 Å². The zero-order valence-electron chi connectivity index (χ0n) is 17.6. The van der Waals surface area contributed by atoms with Gasteiger partial charge in [-0.25, -0.2) is 4.99 Å². The summed E-state index contributed by atoms with van der Waals surface area (Å²) in [7, 11) is 0. The van der Waals surface area contributed by atoms with Crippen LogP contribution < -0.4 is 5.73 Å². The van der Waals surface area contributed by atoms with E-state index in [2.05, 4.69) is 6.07 Å². The van der Waals surface area contributed by atoms with Crippen molar-refractivity contribution in [2.24, 2.45) is 10.7 Å². The number of benzene rings is 2. The van der Waals surface area contributed by atoms with Crippen LogP contribution >= 0.6 is 11.6 Å². The fourth-order valence-electron chi connectivity index (χ4n) is 4.50. The Kier molecular flexibility index (Phi) is 5.74. The zero-order valence-corrected chi connectivity index (χ0v) is 18.4. The van der Waals surface area contributed by atoms with E-state index in [-0.39, 0.29) is 30.4 Å². The maximum absolute atomic E-state index is 13.2. The first-order valence-electron chi connectivity index (χ1n) is 10.4. The highest BCUT2D eigenvalue weighted by molar-refractivity contribution is 6.34. The lowest BCUT2D eigenvalue weighted by atomic mass is 9.85. The van der Waals surface area contributed by atoms with Crippen LogP contribution in [0.4, 0.5) is 0 Å². The number of nitrogens with zero attached hydrogens (tertiary/aromatic N) is 3. The molecule has 2 heterocycles. The molecule has 2 aromatic carbocycles. The van der Waals surface area contributed by atoms with E-state index in [1.165, 1.54) is 0 Å². The maximum Gasteiger partial charge on any atom is 0.232 e. The maximum atomic E-state index is 13.2. The summed E-state index contributed by atoms with van der Waals surface area (Å²) in [4.78, 5) is 19.6. The number of nitriles is 1. The van der Waals surface area contributed by atoms with Crippen LogP contribution in [0.1, 0.15) is 44.2 Å². The number of aliphatic imine (C=N–C) groups is 1. The highest BCUT2D eigenvalue weighted by Crippen LogP contribution is 2.42. The zero-order chi connectivity index (χ0) is 22.2. The number of amides is 1. The Balaban J connectivity index is 1.69. The number of carbonyl (C=O) groups excluding carboxylic acids is 1. The van der Waals surface area contributed by atoms with Crippen LogP contribution in [0.15, 0.2) is 47.5 Å². The van der Waals surface area contributed by atoms with Gasteiger partial charge in [0.05, 0.1) is 34.7 Å². The topological polar surface area (TPSA) is 91.7 Å². The molecule has 1 fully saturated rings. The van der Waals surface area contributed by atoms with E-state index in [1.54, 1.807) is 17.0 Å². The number of hydrogen-bond donors (Lipinski definition) is 1. The Morgan fingerprint density at radius 2 is 2.03 bits per heavy atom. The molecule has 2 aromatic rings. The summed E-state index contributed by atoms with van der Waals surface area (Å²) in [6.45, 7) is 4.51. The molecule has 0 radical (unpaired) electrons. The van der Waals surface area contributed by atoms with Gasteiger partial charge < -0.3 is 10.5 Å². The van der Waals surface area contributed by atoms with Crippen LogP contribution in [0.5, 0.6) is 0 Å². The molecular formula is C24H25ClN4O2. The van der Waals surface area contributed by atoms with Crippen LogP contribution in [0.25, 0.3) is 11.1 Å². The van der Waals surface area contributed by atoms with Crippen LogP contribution in [-0.4, -0.2) is 35.5 Å². The van der Waals surface area contributed by atoms with Gasteiger partial charge in [-0.1, -0.05) is 41.9 Å². The Labute approximate surface area is 187 Å². The first-order valence-corrected chi connectivity index (χ1v) is 10.8. The summed E-state index contributed by atoms with van der Waals surface area (Å²) < 4.78 is 5.61. The third-order valence-corrected chi connectivity index (χ3v) is 6.51. The molecule has 31 heavy (non-hydrogen) atoms. The van der Waals surface area contributed by atoms with Gasteiger partial charge in [0.15, 0.2) is 5.96 Å². The van der Waals surface area contributed by atoms with E-state index in [4.69, 9.17) is 32.3 Å². The molecule has 6 nitrogen and oxygen atoms in total. The van der Waals surface area contributed by atoms with Crippen molar-refractivity contribution < 1.29 is 9.53 Å². The Morgan fingerprint density at radius 1 is 1.29 bits per heavy atom. The summed E-state index contributed by atoms with van der Waals surface area (Å²) in [5, 5.41) is 9.57. The van der Waals surface area contributed by atoms with Crippen molar-refractivity contribution in [1.29, 1.82) is 5.26 Å². The van der Waals surface area contributed by atoms with E-state index in [9.17, 15) is 4.79 Å². The predicted octanol–water partition coefficient (Wildman–Crippen LogP) is 4.21. The van der Waals surface area contributed by atoms with Gasteiger partial charge in [0.2, 0.25) is 5.91 Å². The van der Waals surface area contributed by atoms with Gasteiger partial charge in [0, 0.05) is 18.2 Å². The fourth-order valence-corrected chi connectivity index (χ4v) is 4.94. The number of rotatable bonds is 3. The number of guanidine groups is 1. The molecule has 2 aliphatic rings. The van der Waals surface area contributed by atoms with Crippen molar-refractivity contribution in [2.45, 2.75) is 50.8 Å². The molecule has 0 bridgehead atoms. The van der Waals surface area contributed by atoms with Gasteiger partial charge in [-0.05, 0) is 49.9 Å².